The van der Waals surface area contributed by atoms with Crippen molar-refractivity contribution in [2.75, 3.05) is 7.11 Å². The summed E-state index contributed by atoms with van der Waals surface area (Å²) in [4.78, 5) is 11.0. The van der Waals surface area contributed by atoms with Crippen LogP contribution in [0.3, 0.4) is 0 Å². The van der Waals surface area contributed by atoms with Gasteiger partial charge in [-0.3, -0.25) is 0 Å². The van der Waals surface area contributed by atoms with Gasteiger partial charge in [-0.05, 0) is 32.9 Å². The third-order valence-corrected chi connectivity index (χ3v) is 2.69. The second-order valence-electron chi connectivity index (χ2n) is 5.76. The molecule has 0 saturated heterocycles. The fraction of sp³-hybridized carbons (Fsp3) is 0.312. The molecule has 0 unspecified atom stereocenters. The zero-order valence-electron chi connectivity index (χ0n) is 13.3. The molecule has 23 heavy (non-hydrogen) atoms. The zero-order valence-corrected chi connectivity index (χ0v) is 13.3. The van der Waals surface area contributed by atoms with E-state index < -0.39 is 5.97 Å². The minimum Gasteiger partial charge on any atom is -0.495 e. The minimum absolute atomic E-state index is 0.114. The monoisotopic (exact) mass is 315 g/mol. The van der Waals surface area contributed by atoms with Gasteiger partial charge < -0.3 is 14.6 Å². The van der Waals surface area contributed by atoms with Crippen LogP contribution in [0.4, 0.5) is 0 Å². The lowest BCUT2D eigenvalue weighted by Crippen LogP contribution is -2.01. The number of aromatic carboxylic acids is 1. The van der Waals surface area contributed by atoms with E-state index in [1.54, 1.807) is 25.3 Å². The number of carboxylic acids is 1. The van der Waals surface area contributed by atoms with Gasteiger partial charge in [-0.2, -0.15) is 0 Å². The van der Waals surface area contributed by atoms with E-state index in [4.69, 9.17) is 14.6 Å². The normalized spacial score (nSPS) is 10.6. The van der Waals surface area contributed by atoms with Gasteiger partial charge >= 0.3 is 5.97 Å². The van der Waals surface area contributed by atoms with E-state index in [0.717, 1.165) is 0 Å². The molecule has 7 nitrogen and oxygen atoms in total. The van der Waals surface area contributed by atoms with Crippen molar-refractivity contribution in [2.45, 2.75) is 20.8 Å². The number of rotatable bonds is 4. The molecular weight excluding hydrogens is 298 g/mol. The molecule has 0 saturated carbocycles. The van der Waals surface area contributed by atoms with E-state index in [9.17, 15) is 4.79 Å². The summed E-state index contributed by atoms with van der Waals surface area (Å²) in [6.45, 7) is 6.00. The van der Waals surface area contributed by atoms with Crippen LogP contribution in [0, 0.1) is 17.3 Å². The van der Waals surface area contributed by atoms with Gasteiger partial charge in [0.1, 0.15) is 11.5 Å². The summed E-state index contributed by atoms with van der Waals surface area (Å²) < 4.78 is 10.8. The largest absolute Gasteiger partial charge is 0.495 e. The minimum atomic E-state index is -1.20. The Morgan fingerprint density at radius 1 is 1.35 bits per heavy atom. The Kier molecular flexibility index (Phi) is 4.55. The predicted octanol–water partition coefficient (Wildman–Crippen LogP) is 2.70. The summed E-state index contributed by atoms with van der Waals surface area (Å²) in [5, 5.41) is 18.3. The van der Waals surface area contributed by atoms with E-state index in [2.05, 4.69) is 27.3 Å². The van der Waals surface area contributed by atoms with Crippen LogP contribution in [-0.2, 0) is 0 Å². The number of H-pyrrole nitrogens is 1. The number of aromatic nitrogens is 3. The summed E-state index contributed by atoms with van der Waals surface area (Å²) in [7, 11) is 1.55. The highest BCUT2D eigenvalue weighted by Gasteiger charge is 2.17. The third-order valence-electron chi connectivity index (χ3n) is 2.69. The van der Waals surface area contributed by atoms with Gasteiger partial charge in [0.25, 0.3) is 5.88 Å². The summed E-state index contributed by atoms with van der Waals surface area (Å²) >= 11 is 0. The van der Waals surface area contributed by atoms with Crippen molar-refractivity contribution in [1.29, 1.82) is 0 Å². The van der Waals surface area contributed by atoms with Gasteiger partial charge in [-0.1, -0.05) is 22.2 Å². The van der Waals surface area contributed by atoms with Crippen molar-refractivity contribution < 1.29 is 19.4 Å². The molecule has 0 fully saturated rings. The molecule has 1 aromatic carbocycles. The number of carbonyl (C=O) groups is 1. The first-order chi connectivity index (χ1) is 10.8. The molecule has 0 atom stereocenters. The maximum Gasteiger partial charge on any atom is 0.359 e. The molecular formula is C16H17N3O4. The standard InChI is InChI=1S/C16H17N3O4/c1-16(2,3)8-7-10-9-11(5-6-12(10)22-4)23-14-13(15(20)21)17-19-18-14/h5-6,9H,1-4H3,(H,20,21)(H,17,18,19). The highest BCUT2D eigenvalue weighted by Crippen LogP contribution is 2.27. The first-order valence-corrected chi connectivity index (χ1v) is 6.83. The number of aromatic amines is 1. The predicted molar refractivity (Wildman–Crippen MR) is 82.7 cm³/mol. The Morgan fingerprint density at radius 2 is 2.09 bits per heavy atom. The zero-order chi connectivity index (χ0) is 17.0. The van der Waals surface area contributed by atoms with Crippen molar-refractivity contribution in [3.63, 3.8) is 0 Å². The highest BCUT2D eigenvalue weighted by atomic mass is 16.5. The smallest absolute Gasteiger partial charge is 0.359 e. The third kappa shape index (κ3) is 4.23. The molecule has 0 spiro atoms. The molecule has 2 rings (SSSR count). The van der Waals surface area contributed by atoms with Gasteiger partial charge in [0, 0.05) is 11.5 Å². The molecule has 2 aromatic rings. The number of benzene rings is 1. The Bertz CT molecular complexity index is 779. The van der Waals surface area contributed by atoms with Crippen LogP contribution in [0.2, 0.25) is 0 Å². The van der Waals surface area contributed by atoms with Crippen molar-refractivity contribution in [3.8, 4) is 29.2 Å². The first kappa shape index (κ1) is 16.4. The second kappa shape index (κ2) is 6.40. The summed E-state index contributed by atoms with van der Waals surface area (Å²) in [5.41, 5.74) is 0.258. The number of hydrogen-bond donors (Lipinski definition) is 2. The van der Waals surface area contributed by atoms with Crippen LogP contribution >= 0.6 is 0 Å². The fourth-order valence-corrected chi connectivity index (χ4v) is 1.64. The van der Waals surface area contributed by atoms with Crippen LogP contribution in [0.15, 0.2) is 18.2 Å². The lowest BCUT2D eigenvalue weighted by molar-refractivity contribution is 0.0687. The van der Waals surface area contributed by atoms with Crippen LogP contribution in [0.1, 0.15) is 36.8 Å². The Morgan fingerprint density at radius 3 is 2.70 bits per heavy atom. The van der Waals surface area contributed by atoms with Crippen molar-refractivity contribution in [3.05, 3.63) is 29.5 Å². The number of ether oxygens (including phenoxy) is 2. The average molecular weight is 315 g/mol. The topological polar surface area (TPSA) is 97.3 Å². The fourth-order valence-electron chi connectivity index (χ4n) is 1.64. The Balaban J connectivity index is 2.35. The first-order valence-electron chi connectivity index (χ1n) is 6.83. The molecule has 1 aromatic heterocycles. The summed E-state index contributed by atoms with van der Waals surface area (Å²) in [6.07, 6.45) is 0. The van der Waals surface area contributed by atoms with E-state index in [1.165, 1.54) is 0 Å². The van der Waals surface area contributed by atoms with Gasteiger partial charge in [0.05, 0.1) is 12.7 Å². The second-order valence-corrected chi connectivity index (χ2v) is 5.76. The van der Waals surface area contributed by atoms with Crippen LogP contribution < -0.4 is 9.47 Å². The quantitative estimate of drug-likeness (QED) is 0.842. The molecule has 1 heterocycles. The van der Waals surface area contributed by atoms with Crippen LogP contribution in [0.25, 0.3) is 0 Å². The molecule has 7 heteroatoms. The van der Waals surface area contributed by atoms with E-state index in [-0.39, 0.29) is 17.0 Å². The number of hydrogen-bond acceptors (Lipinski definition) is 5. The Labute approximate surface area is 133 Å². The molecule has 0 bridgehead atoms. The number of nitrogens with one attached hydrogen (secondary N) is 1. The van der Waals surface area contributed by atoms with Gasteiger partial charge in [-0.25, -0.2) is 9.89 Å². The van der Waals surface area contributed by atoms with E-state index in [1.807, 2.05) is 20.8 Å². The summed E-state index contributed by atoms with van der Waals surface area (Å²) in [6, 6.07) is 5.00. The van der Waals surface area contributed by atoms with Crippen molar-refractivity contribution in [2.24, 2.45) is 5.41 Å². The van der Waals surface area contributed by atoms with E-state index in [0.29, 0.717) is 17.1 Å². The maximum absolute atomic E-state index is 11.0. The SMILES string of the molecule is COc1ccc(Oc2nn[nH]c2C(=O)O)cc1C#CC(C)(C)C. The molecule has 0 radical (unpaired) electrons. The molecule has 2 N–H and O–H groups in total. The summed E-state index contributed by atoms with van der Waals surface area (Å²) in [5.74, 6) is 5.84. The van der Waals surface area contributed by atoms with Gasteiger partial charge in [0.2, 0.25) is 5.69 Å². The van der Waals surface area contributed by atoms with Crippen LogP contribution in [0.5, 0.6) is 17.4 Å². The molecule has 120 valence electrons. The number of carboxylic acid groups (broad SMARTS) is 1. The maximum atomic E-state index is 11.0. The Hall–Kier alpha value is -3.01. The highest BCUT2D eigenvalue weighted by molar-refractivity contribution is 5.87. The molecule has 0 amide bonds. The van der Waals surface area contributed by atoms with Crippen molar-refractivity contribution >= 4 is 5.97 Å². The van der Waals surface area contributed by atoms with Crippen LogP contribution in [-0.4, -0.2) is 33.6 Å². The molecule has 0 aliphatic rings. The lowest BCUT2D eigenvalue weighted by Gasteiger charge is -2.09. The van der Waals surface area contributed by atoms with E-state index >= 15 is 0 Å². The average Bonchev–Trinajstić information content (AvgIpc) is 2.93. The number of nitrogens with zero attached hydrogens (tertiary/aromatic N) is 2. The molecule has 0 aliphatic carbocycles. The number of methoxy groups -OCH3 is 1. The van der Waals surface area contributed by atoms with Crippen molar-refractivity contribution in [1.82, 2.24) is 15.4 Å². The van der Waals surface area contributed by atoms with Gasteiger partial charge in [0.15, 0.2) is 0 Å². The van der Waals surface area contributed by atoms with Gasteiger partial charge in [-0.15, -0.1) is 0 Å². The molecule has 0 aliphatic heterocycles. The lowest BCUT2D eigenvalue weighted by atomic mass is 9.97.